The van der Waals surface area contributed by atoms with Gasteiger partial charge in [0, 0.05) is 22.8 Å². The maximum atomic E-state index is 14.0. The number of amides is 1. The quantitative estimate of drug-likeness (QED) is 0.277. The number of halogens is 1. The SMILES string of the molecule is COc1cc(NC(=O)Oc2ccccc2)ccc1S(=O)(=O)n1c(=O)n(C2CCCCCC2)c2cc(Cl)ccc21. The molecule has 0 bridgehead atoms. The largest absolute Gasteiger partial charge is 0.495 e. The summed E-state index contributed by atoms with van der Waals surface area (Å²) in [7, 11) is -3.08. The number of para-hydroxylation sites is 1. The molecular formula is C28H28ClN3O6S. The zero-order valence-corrected chi connectivity index (χ0v) is 22.9. The number of carbonyl (C=O) groups is 1. The number of hydrogen-bond acceptors (Lipinski definition) is 6. The molecule has 0 spiro atoms. The van der Waals surface area contributed by atoms with E-state index in [4.69, 9.17) is 21.1 Å². The Hall–Kier alpha value is -3.76. The lowest BCUT2D eigenvalue weighted by Crippen LogP contribution is -2.31. The number of methoxy groups -OCH3 is 1. The Bertz CT molecular complexity index is 1670. The number of ether oxygens (including phenoxy) is 2. The average molecular weight is 570 g/mol. The Balaban J connectivity index is 1.54. The molecular weight excluding hydrogens is 542 g/mol. The molecule has 0 aliphatic heterocycles. The molecule has 1 heterocycles. The number of nitrogens with zero attached hydrogens (tertiary/aromatic N) is 2. The fourth-order valence-electron chi connectivity index (χ4n) is 5.06. The number of aromatic nitrogens is 2. The maximum Gasteiger partial charge on any atom is 0.417 e. The van der Waals surface area contributed by atoms with Gasteiger partial charge in [-0.1, -0.05) is 55.5 Å². The number of fused-ring (bicyclic) bond motifs is 1. The lowest BCUT2D eigenvalue weighted by molar-refractivity contribution is 0.215. The van der Waals surface area contributed by atoms with E-state index < -0.39 is 21.8 Å². The molecule has 1 aliphatic rings. The van der Waals surface area contributed by atoms with Crippen molar-refractivity contribution in [2.45, 2.75) is 49.5 Å². The summed E-state index contributed by atoms with van der Waals surface area (Å²) >= 11 is 6.27. The summed E-state index contributed by atoms with van der Waals surface area (Å²) in [5, 5.41) is 2.97. The van der Waals surface area contributed by atoms with Crippen molar-refractivity contribution < 1.29 is 22.7 Å². The molecule has 3 aromatic carbocycles. The smallest absolute Gasteiger partial charge is 0.417 e. The molecule has 1 N–H and O–H groups in total. The van der Waals surface area contributed by atoms with E-state index in [2.05, 4.69) is 5.32 Å². The van der Waals surface area contributed by atoms with Crippen molar-refractivity contribution in [2.75, 3.05) is 12.4 Å². The minimum absolute atomic E-state index is 0.0382. The number of imidazole rings is 1. The van der Waals surface area contributed by atoms with Crippen molar-refractivity contribution in [3.63, 3.8) is 0 Å². The van der Waals surface area contributed by atoms with Crippen LogP contribution >= 0.6 is 11.6 Å². The number of nitrogens with one attached hydrogen (secondary N) is 1. The molecule has 0 radical (unpaired) electrons. The average Bonchev–Trinajstić information content (AvgIpc) is 3.05. The molecule has 204 valence electrons. The molecule has 1 saturated carbocycles. The molecule has 0 atom stereocenters. The van der Waals surface area contributed by atoms with Gasteiger partial charge in [-0.15, -0.1) is 0 Å². The first-order chi connectivity index (χ1) is 18.8. The predicted octanol–water partition coefficient (Wildman–Crippen LogP) is 6.21. The van der Waals surface area contributed by atoms with Crippen LogP contribution in [0, 0.1) is 0 Å². The van der Waals surface area contributed by atoms with Crippen molar-refractivity contribution in [2.24, 2.45) is 0 Å². The highest BCUT2D eigenvalue weighted by atomic mass is 35.5. The van der Waals surface area contributed by atoms with E-state index >= 15 is 0 Å². The van der Waals surface area contributed by atoms with E-state index in [-0.39, 0.29) is 27.9 Å². The van der Waals surface area contributed by atoms with E-state index in [0.29, 0.717) is 16.3 Å². The summed E-state index contributed by atoms with van der Waals surface area (Å²) in [6, 6.07) is 17.2. The van der Waals surface area contributed by atoms with Crippen LogP contribution in [0.15, 0.2) is 76.4 Å². The van der Waals surface area contributed by atoms with Crippen LogP contribution in [-0.4, -0.2) is 30.2 Å². The van der Waals surface area contributed by atoms with Gasteiger partial charge in [-0.2, -0.15) is 3.97 Å². The Morgan fingerprint density at radius 3 is 2.36 bits per heavy atom. The molecule has 1 aliphatic carbocycles. The molecule has 9 nitrogen and oxygen atoms in total. The molecule has 1 aromatic heterocycles. The van der Waals surface area contributed by atoms with Crippen LogP contribution in [0.3, 0.4) is 0 Å². The molecule has 4 aromatic rings. The highest BCUT2D eigenvalue weighted by Crippen LogP contribution is 2.34. The number of hydrogen-bond donors (Lipinski definition) is 1. The standard InChI is InChI=1S/C28H28ClN3O6S/c1-37-25-18-20(30-27(33)38-22-11-7-4-8-12-22)14-16-26(25)39(35,36)32-23-15-13-19(29)17-24(23)31(28(32)34)21-9-5-2-3-6-10-21/h4,7-8,11-18,21H,2-3,5-6,9-10H2,1H3,(H,30,33). The van der Waals surface area contributed by atoms with Crippen LogP contribution < -0.4 is 20.5 Å². The number of benzene rings is 3. The molecule has 0 unspecified atom stereocenters. The molecule has 5 rings (SSSR count). The minimum Gasteiger partial charge on any atom is -0.495 e. The van der Waals surface area contributed by atoms with Crippen LogP contribution in [0.4, 0.5) is 10.5 Å². The second kappa shape index (κ2) is 11.2. The van der Waals surface area contributed by atoms with Crippen molar-refractivity contribution in [1.82, 2.24) is 8.54 Å². The highest BCUT2D eigenvalue weighted by Gasteiger charge is 2.31. The first kappa shape index (κ1) is 26.8. The summed E-state index contributed by atoms with van der Waals surface area (Å²) in [4.78, 5) is 25.9. The monoisotopic (exact) mass is 569 g/mol. The van der Waals surface area contributed by atoms with E-state index in [0.717, 1.165) is 42.5 Å². The molecule has 11 heteroatoms. The van der Waals surface area contributed by atoms with Crippen LogP contribution in [0.1, 0.15) is 44.6 Å². The topological polar surface area (TPSA) is 109 Å². The third kappa shape index (κ3) is 5.39. The zero-order valence-electron chi connectivity index (χ0n) is 21.3. The second-order valence-electron chi connectivity index (χ2n) is 9.39. The van der Waals surface area contributed by atoms with Gasteiger partial charge >= 0.3 is 11.8 Å². The number of carbonyl (C=O) groups excluding carboxylic acids is 1. The van der Waals surface area contributed by atoms with Gasteiger partial charge in [0.05, 0.1) is 18.1 Å². The highest BCUT2D eigenvalue weighted by molar-refractivity contribution is 7.90. The van der Waals surface area contributed by atoms with Crippen LogP contribution in [-0.2, 0) is 10.0 Å². The van der Waals surface area contributed by atoms with Gasteiger partial charge in [0.25, 0.3) is 10.0 Å². The minimum atomic E-state index is -4.40. The number of rotatable bonds is 6. The Morgan fingerprint density at radius 1 is 0.949 bits per heavy atom. The first-order valence-electron chi connectivity index (χ1n) is 12.7. The second-order valence-corrected chi connectivity index (χ2v) is 11.6. The van der Waals surface area contributed by atoms with E-state index in [1.54, 1.807) is 53.1 Å². The van der Waals surface area contributed by atoms with Gasteiger partial charge in [-0.3, -0.25) is 9.88 Å². The Morgan fingerprint density at radius 2 is 1.67 bits per heavy atom. The van der Waals surface area contributed by atoms with Gasteiger partial charge in [-0.05, 0) is 55.3 Å². The van der Waals surface area contributed by atoms with Gasteiger partial charge in [0.1, 0.15) is 16.4 Å². The normalized spacial score (nSPS) is 14.6. The van der Waals surface area contributed by atoms with Crippen LogP contribution in [0.2, 0.25) is 5.02 Å². The van der Waals surface area contributed by atoms with Gasteiger partial charge < -0.3 is 9.47 Å². The summed E-state index contributed by atoms with van der Waals surface area (Å²) < 4.78 is 41.0. The van der Waals surface area contributed by atoms with E-state index in [1.165, 1.54) is 25.3 Å². The zero-order chi connectivity index (χ0) is 27.6. The third-order valence-electron chi connectivity index (χ3n) is 6.87. The molecule has 0 saturated heterocycles. The van der Waals surface area contributed by atoms with Gasteiger partial charge in [-0.25, -0.2) is 18.0 Å². The van der Waals surface area contributed by atoms with E-state index in [9.17, 15) is 18.0 Å². The molecule has 1 fully saturated rings. The molecule has 39 heavy (non-hydrogen) atoms. The maximum absolute atomic E-state index is 14.0. The van der Waals surface area contributed by atoms with Crippen LogP contribution in [0.5, 0.6) is 11.5 Å². The van der Waals surface area contributed by atoms with Crippen molar-refractivity contribution in [1.29, 1.82) is 0 Å². The Labute approximate surface area is 231 Å². The summed E-state index contributed by atoms with van der Waals surface area (Å²) in [6.45, 7) is 0. The summed E-state index contributed by atoms with van der Waals surface area (Å²) in [5.74, 6) is 0.314. The Kier molecular flexibility index (Phi) is 7.67. The fraction of sp³-hybridized carbons (Fsp3) is 0.286. The first-order valence-corrected chi connectivity index (χ1v) is 14.5. The summed E-state index contributed by atoms with van der Waals surface area (Å²) in [6.07, 6.45) is 4.91. The van der Waals surface area contributed by atoms with Crippen LogP contribution in [0.25, 0.3) is 11.0 Å². The number of anilines is 1. The fourth-order valence-corrected chi connectivity index (χ4v) is 6.77. The lowest BCUT2D eigenvalue weighted by atomic mass is 10.1. The van der Waals surface area contributed by atoms with E-state index in [1.807, 2.05) is 0 Å². The summed E-state index contributed by atoms with van der Waals surface area (Å²) in [5.41, 5.74) is 0.329. The third-order valence-corrected chi connectivity index (χ3v) is 8.83. The molecule has 1 amide bonds. The van der Waals surface area contributed by atoms with Gasteiger partial charge in [0.15, 0.2) is 0 Å². The van der Waals surface area contributed by atoms with Gasteiger partial charge in [0.2, 0.25) is 0 Å². The van der Waals surface area contributed by atoms with Crippen molar-refractivity contribution >= 4 is 44.4 Å². The van der Waals surface area contributed by atoms with Crippen molar-refractivity contribution in [3.8, 4) is 11.5 Å². The van der Waals surface area contributed by atoms with Crippen molar-refractivity contribution in [3.05, 3.63) is 82.2 Å². The predicted molar refractivity (Wildman–Crippen MR) is 150 cm³/mol. The lowest BCUT2D eigenvalue weighted by Gasteiger charge is -2.16.